The number of hydrogen-bond donors (Lipinski definition) is 0. The molecule has 12 heteroatoms. The number of nitriles is 2. The summed E-state index contributed by atoms with van der Waals surface area (Å²) >= 11 is 0. The molecule has 4 heterocycles. The van der Waals surface area contributed by atoms with Crippen molar-refractivity contribution < 1.29 is 18.3 Å². The number of rotatable bonds is 28. The maximum atomic E-state index is 12.8. The molecule has 12 rings (SSSR count). The van der Waals surface area contributed by atoms with Crippen LogP contribution in [0.15, 0.2) is 215 Å². The first-order valence-electron chi connectivity index (χ1n) is 40.2. The third-order valence-corrected chi connectivity index (χ3v) is 22.0. The van der Waals surface area contributed by atoms with E-state index in [4.69, 9.17) is 28.3 Å². The van der Waals surface area contributed by atoms with Crippen molar-refractivity contribution >= 4 is 79.7 Å². The van der Waals surface area contributed by atoms with Crippen molar-refractivity contribution in [1.29, 1.82) is 10.5 Å². The van der Waals surface area contributed by atoms with Crippen LogP contribution in [-0.4, -0.2) is 45.8 Å². The third kappa shape index (κ3) is 19.0. The largest absolute Gasteiger partial charge is 0.493 e. The Morgan fingerprint density at radius 2 is 0.736 bits per heavy atom. The van der Waals surface area contributed by atoms with Gasteiger partial charge in [0.25, 0.3) is 0 Å². The highest BCUT2D eigenvalue weighted by Crippen LogP contribution is 2.42. The zero-order chi connectivity index (χ0) is 78.4. The second kappa shape index (κ2) is 33.7. The van der Waals surface area contributed by atoms with Gasteiger partial charge in [-0.15, -0.1) is 0 Å². The molecule has 0 aliphatic heterocycles. The van der Waals surface area contributed by atoms with Gasteiger partial charge in [0.1, 0.15) is 45.8 Å². The monoisotopic (exact) mass is 1460 g/mol. The van der Waals surface area contributed by atoms with Gasteiger partial charge < -0.3 is 27.3 Å². The van der Waals surface area contributed by atoms with Crippen LogP contribution in [0.2, 0.25) is 0 Å². The minimum Gasteiger partial charge on any atom is -0.493 e. The molecule has 566 valence electrons. The predicted molar refractivity (Wildman–Crippen MR) is 460 cm³/mol. The molecule has 0 saturated carbocycles. The zero-order valence-electron chi connectivity index (χ0n) is 68.6. The van der Waals surface area contributed by atoms with Gasteiger partial charge in [-0.25, -0.2) is 9.97 Å². The Hall–Kier alpha value is -10.0. The van der Waals surface area contributed by atoms with Crippen LogP contribution in [0.3, 0.4) is 0 Å². The first kappa shape index (κ1) is 79.5. The summed E-state index contributed by atoms with van der Waals surface area (Å²) in [5.41, 5.74) is 12.2. The van der Waals surface area contributed by atoms with Crippen molar-refractivity contribution in [2.45, 2.75) is 176 Å². The Balaban J connectivity index is 1.27. The lowest BCUT2D eigenvalue weighted by Crippen LogP contribution is -2.54. The maximum absolute atomic E-state index is 12.8. The second-order valence-electron chi connectivity index (χ2n) is 36.9. The number of benzene rings is 8. The Morgan fingerprint density at radius 3 is 1.05 bits per heavy atom. The summed E-state index contributed by atoms with van der Waals surface area (Å²) in [6.07, 6.45) is 8.65. The number of nitrogens with zero attached hydrogens (tertiary/aromatic N) is 6. The summed E-state index contributed by atoms with van der Waals surface area (Å²) in [5.74, 6) is 4.07. The fourth-order valence-electron chi connectivity index (χ4n) is 17.7. The quantitative estimate of drug-likeness (QED) is 0.0444. The standard InChI is InChI=1S/C98H114B2N6O4/c1-65-47-51-85-83(53-65)103-93(109-85)81(61-101)91-87-88(90(105(91)99(75-35-23-19-24-36-75)76-37-25-20-26-38-76)72-34-32-44-80(56-72)108-64-74(70(6)60-98(16,17)18)50-46-68(4)58-96(10,11)12)92(82(62-102)94-104-84-54-66(2)48-52-86(84)110-94)106(100(77-39-27-21-28-40-77)78-41-29-22-30-42-78)89(87)71-33-31-43-79(55-71)107-63-73(69(5)59-97(13,14)15)49-45-67(3)57-95(7,8)9/h19-44,47-48,51-56,67-70,73-74H,45-46,49-50,57-60,63-64H2,1-18H3/b91-81-,92-82-. The molecule has 8 aromatic carbocycles. The summed E-state index contributed by atoms with van der Waals surface area (Å²) in [5, 5.41) is 28.1. The molecule has 110 heavy (non-hydrogen) atoms. The fourth-order valence-corrected chi connectivity index (χ4v) is 17.7. The highest BCUT2D eigenvalue weighted by atomic mass is 16.5. The van der Waals surface area contributed by atoms with Crippen LogP contribution in [0, 0.1) is 93.7 Å². The molecular formula is C98H114B2N6O4. The van der Waals surface area contributed by atoms with E-state index >= 15 is 0 Å². The molecule has 0 aliphatic rings. The van der Waals surface area contributed by atoms with Gasteiger partial charge in [-0.05, 0) is 169 Å². The van der Waals surface area contributed by atoms with E-state index in [0.717, 1.165) is 95.5 Å². The summed E-state index contributed by atoms with van der Waals surface area (Å²) in [6, 6.07) is 76.9. The number of aromatic nitrogens is 4. The molecule has 0 aliphatic carbocycles. The minimum absolute atomic E-state index is 0.114. The van der Waals surface area contributed by atoms with Gasteiger partial charge in [-0.3, -0.25) is 0 Å². The molecule has 12 aromatic rings. The van der Waals surface area contributed by atoms with Crippen LogP contribution >= 0.6 is 0 Å². The van der Waals surface area contributed by atoms with E-state index in [2.05, 4.69) is 277 Å². The first-order chi connectivity index (χ1) is 52.4. The van der Waals surface area contributed by atoms with Gasteiger partial charge >= 0.3 is 13.7 Å². The third-order valence-electron chi connectivity index (χ3n) is 22.0. The van der Waals surface area contributed by atoms with Gasteiger partial charge in [0.2, 0.25) is 11.8 Å². The molecule has 6 atom stereocenters. The summed E-state index contributed by atoms with van der Waals surface area (Å²) in [4.78, 5) is 10.7. The van der Waals surface area contributed by atoms with Crippen LogP contribution in [-0.2, 0) is 0 Å². The zero-order valence-corrected chi connectivity index (χ0v) is 68.6. The number of hydrogen-bond acceptors (Lipinski definition) is 8. The van der Waals surface area contributed by atoms with Crippen molar-refractivity contribution in [3.63, 3.8) is 0 Å². The van der Waals surface area contributed by atoms with Gasteiger partial charge in [0.05, 0.1) is 23.9 Å². The van der Waals surface area contributed by atoms with E-state index < -0.39 is 13.7 Å². The Labute approximate surface area is 655 Å². The van der Waals surface area contributed by atoms with Crippen molar-refractivity contribution in [3.8, 4) is 46.2 Å². The summed E-state index contributed by atoms with van der Waals surface area (Å²) in [6.45, 7) is 41.6. The molecule has 0 amide bonds. The van der Waals surface area contributed by atoms with E-state index in [1.165, 1.54) is 0 Å². The van der Waals surface area contributed by atoms with E-state index in [1.807, 2.05) is 74.5 Å². The Morgan fingerprint density at radius 1 is 0.409 bits per heavy atom. The van der Waals surface area contributed by atoms with E-state index in [-0.39, 0.29) is 56.4 Å². The highest BCUT2D eigenvalue weighted by Gasteiger charge is 2.39. The van der Waals surface area contributed by atoms with Crippen LogP contribution in [0.4, 0.5) is 0 Å². The molecular weight excluding hydrogens is 1350 g/mol. The molecule has 4 aromatic heterocycles. The van der Waals surface area contributed by atoms with E-state index in [0.29, 0.717) is 103 Å². The molecule has 0 N–H and O–H groups in total. The predicted octanol–water partition coefficient (Wildman–Crippen LogP) is 21.3. The second-order valence-corrected chi connectivity index (χ2v) is 36.9. The lowest BCUT2D eigenvalue weighted by molar-refractivity contribution is 0.147. The van der Waals surface area contributed by atoms with Crippen LogP contribution in [0.1, 0.15) is 185 Å². The molecule has 0 spiro atoms. The van der Waals surface area contributed by atoms with Crippen molar-refractivity contribution in [1.82, 2.24) is 18.9 Å². The molecule has 10 nitrogen and oxygen atoms in total. The minimum atomic E-state index is -0.647. The number of oxazole rings is 2. The summed E-state index contributed by atoms with van der Waals surface area (Å²) < 4.78 is 33.5. The van der Waals surface area contributed by atoms with Crippen LogP contribution < -0.4 is 42.0 Å². The smallest absolute Gasteiger partial charge is 0.328 e. The van der Waals surface area contributed by atoms with Gasteiger partial charge in [-0.1, -0.05) is 303 Å². The molecule has 0 bridgehead atoms. The van der Waals surface area contributed by atoms with E-state index in [1.54, 1.807) is 0 Å². The van der Waals surface area contributed by atoms with Gasteiger partial charge in [0.15, 0.2) is 11.2 Å². The lowest BCUT2D eigenvalue weighted by Gasteiger charge is -2.31. The molecule has 0 saturated heterocycles. The lowest BCUT2D eigenvalue weighted by atomic mass is 9.50. The number of aryl methyl sites for hydroxylation is 2. The number of ether oxygens (including phenoxy) is 2. The Kier molecular flexibility index (Phi) is 24.3. The molecule has 0 radical (unpaired) electrons. The average Bonchev–Trinajstić information content (AvgIpc) is 1.52. The summed E-state index contributed by atoms with van der Waals surface area (Å²) in [7, 11) is 0. The topological polar surface area (TPSA) is 128 Å². The van der Waals surface area contributed by atoms with Crippen molar-refractivity contribution in [2.24, 2.45) is 57.2 Å². The van der Waals surface area contributed by atoms with Crippen molar-refractivity contribution in [2.75, 3.05) is 13.2 Å². The van der Waals surface area contributed by atoms with E-state index in [9.17, 15) is 10.5 Å². The van der Waals surface area contributed by atoms with Crippen molar-refractivity contribution in [3.05, 3.63) is 240 Å². The maximum Gasteiger partial charge on any atom is 0.328 e. The normalized spacial score (nSPS) is 14.5. The van der Waals surface area contributed by atoms with Gasteiger partial charge in [-0.2, -0.15) is 10.5 Å². The molecule has 6 unspecified atom stereocenters. The van der Waals surface area contributed by atoms with Gasteiger partial charge in [0, 0.05) is 33.3 Å². The average molecular weight is 1460 g/mol. The molecule has 0 fully saturated rings. The highest BCUT2D eigenvalue weighted by molar-refractivity contribution is 6.85. The number of fused-ring (bicyclic) bond motifs is 3. The SMILES string of the molecule is Cc1ccc2oc(/C(C#N)=c3/c4c(-c5cccc(OCC(CCC(C)CC(C)(C)C)C(C)CC(C)(C)C)c5)n(B(c5ccccc5)c5ccccc5)/c(=C(/C#N)c5nc6cc(C)ccc6o5)c4c(-c4cccc(OCC(CCC(C)CC(C)(C)C)C(C)CC(C)(C)C)c4)n3B(c3ccccc3)c3ccccc3)nc2c1. The van der Waals surface area contributed by atoms with Crippen LogP contribution in [0.5, 0.6) is 11.5 Å². The Bertz CT molecular complexity index is 4950. The fraction of sp³-hybridized carbons (Fsp3) is 0.388. The van der Waals surface area contributed by atoms with Crippen LogP contribution in [0.25, 0.3) is 66.6 Å². The first-order valence-corrected chi connectivity index (χ1v) is 40.2.